The minimum atomic E-state index is 0.423. The molecule has 4 heteroatoms. The number of nitrogens with two attached hydrogens (primary N) is 1. The lowest BCUT2D eigenvalue weighted by Crippen LogP contribution is -2.34. The van der Waals surface area contributed by atoms with Crippen LogP contribution in [0.25, 0.3) is 0 Å². The maximum absolute atomic E-state index is 5.64. The predicted octanol–water partition coefficient (Wildman–Crippen LogP) is 1.42. The molecule has 1 atom stereocenters. The largest absolute Gasteiger partial charge is 0.355 e. The third-order valence-corrected chi connectivity index (χ3v) is 2.86. The number of anilines is 1. The van der Waals surface area contributed by atoms with Gasteiger partial charge < -0.3 is 10.6 Å². The summed E-state index contributed by atoms with van der Waals surface area (Å²) in [6.07, 6.45) is 3.39. The van der Waals surface area contributed by atoms with E-state index in [-0.39, 0.29) is 0 Å². The van der Waals surface area contributed by atoms with Gasteiger partial charge in [-0.05, 0) is 12.8 Å². The average Bonchev–Trinajstić information content (AvgIpc) is 2.26. The quantitative estimate of drug-likeness (QED) is 0.813. The fourth-order valence-corrected chi connectivity index (χ4v) is 1.44. The monoisotopic (exact) mass is 208 g/mol. The van der Waals surface area contributed by atoms with Crippen LogP contribution in [-0.4, -0.2) is 23.1 Å². The zero-order chi connectivity index (χ0) is 11.4. The van der Waals surface area contributed by atoms with E-state index >= 15 is 0 Å². The second-order valence-corrected chi connectivity index (χ2v) is 4.13. The van der Waals surface area contributed by atoms with Crippen LogP contribution in [0.4, 0.5) is 5.82 Å². The molecule has 1 rings (SSSR count). The van der Waals surface area contributed by atoms with Crippen molar-refractivity contribution in [1.29, 1.82) is 0 Å². The molecule has 1 aromatic heterocycles. The molecule has 0 amide bonds. The summed E-state index contributed by atoms with van der Waals surface area (Å²) in [5.74, 6) is 1.46. The van der Waals surface area contributed by atoms with E-state index in [1.165, 1.54) is 0 Å². The first-order valence-corrected chi connectivity index (χ1v) is 5.30. The molecule has 0 radical (unpaired) electrons. The molecule has 0 spiro atoms. The van der Waals surface area contributed by atoms with Crippen LogP contribution < -0.4 is 10.6 Å². The molecule has 0 aliphatic rings. The first-order valence-electron chi connectivity index (χ1n) is 5.30. The van der Waals surface area contributed by atoms with Crippen LogP contribution in [0.5, 0.6) is 0 Å². The molecule has 0 saturated heterocycles. The van der Waals surface area contributed by atoms with Crippen molar-refractivity contribution in [2.75, 3.05) is 11.9 Å². The van der Waals surface area contributed by atoms with E-state index in [9.17, 15) is 0 Å². The lowest BCUT2D eigenvalue weighted by molar-refractivity contribution is 0.501. The standard InChI is InChI=1S/C11H20N4/c1-8(2)9(3)15(4)11-10(7-12)13-5-6-14-11/h5-6,8-9H,7,12H2,1-4H3. The van der Waals surface area contributed by atoms with Crippen LogP contribution in [0.3, 0.4) is 0 Å². The average molecular weight is 208 g/mol. The molecule has 0 fully saturated rings. The molecule has 1 unspecified atom stereocenters. The highest BCUT2D eigenvalue weighted by Crippen LogP contribution is 2.18. The molecule has 0 bridgehead atoms. The van der Waals surface area contributed by atoms with E-state index in [0.717, 1.165) is 11.5 Å². The van der Waals surface area contributed by atoms with Crippen molar-refractivity contribution >= 4 is 5.82 Å². The van der Waals surface area contributed by atoms with Crippen LogP contribution in [0.2, 0.25) is 0 Å². The Morgan fingerprint density at radius 2 is 1.87 bits per heavy atom. The van der Waals surface area contributed by atoms with Crippen LogP contribution in [0, 0.1) is 5.92 Å². The van der Waals surface area contributed by atoms with Crippen molar-refractivity contribution in [3.05, 3.63) is 18.1 Å². The molecule has 0 saturated carbocycles. The Labute approximate surface area is 91.5 Å². The fraction of sp³-hybridized carbons (Fsp3) is 0.636. The molecule has 1 heterocycles. The molecular weight excluding hydrogens is 188 g/mol. The summed E-state index contributed by atoms with van der Waals surface area (Å²) in [5, 5.41) is 0. The lowest BCUT2D eigenvalue weighted by Gasteiger charge is -2.29. The van der Waals surface area contributed by atoms with Gasteiger partial charge in [-0.3, -0.25) is 4.98 Å². The van der Waals surface area contributed by atoms with E-state index in [1.54, 1.807) is 12.4 Å². The molecule has 2 N–H and O–H groups in total. The second-order valence-electron chi connectivity index (χ2n) is 4.13. The highest BCUT2D eigenvalue weighted by Gasteiger charge is 2.17. The second kappa shape index (κ2) is 5.07. The van der Waals surface area contributed by atoms with Crippen molar-refractivity contribution in [2.45, 2.75) is 33.4 Å². The SMILES string of the molecule is CC(C)C(C)N(C)c1nccnc1CN. The van der Waals surface area contributed by atoms with Crippen molar-refractivity contribution in [1.82, 2.24) is 9.97 Å². The van der Waals surface area contributed by atoms with Crippen LogP contribution in [0.15, 0.2) is 12.4 Å². The number of rotatable bonds is 4. The fourth-order valence-electron chi connectivity index (χ4n) is 1.44. The van der Waals surface area contributed by atoms with Gasteiger partial charge in [0.25, 0.3) is 0 Å². The van der Waals surface area contributed by atoms with Gasteiger partial charge in [0.05, 0.1) is 5.69 Å². The zero-order valence-corrected chi connectivity index (χ0v) is 9.94. The highest BCUT2D eigenvalue weighted by molar-refractivity contribution is 5.43. The highest BCUT2D eigenvalue weighted by atomic mass is 15.2. The molecule has 1 aromatic rings. The predicted molar refractivity (Wildman–Crippen MR) is 62.6 cm³/mol. The van der Waals surface area contributed by atoms with Crippen molar-refractivity contribution in [3.8, 4) is 0 Å². The molecule has 0 aromatic carbocycles. The first-order chi connectivity index (χ1) is 7.07. The van der Waals surface area contributed by atoms with Gasteiger partial charge >= 0.3 is 0 Å². The third-order valence-electron chi connectivity index (χ3n) is 2.86. The van der Waals surface area contributed by atoms with Gasteiger partial charge in [-0.2, -0.15) is 0 Å². The van der Waals surface area contributed by atoms with Gasteiger partial charge in [-0.1, -0.05) is 13.8 Å². The Hall–Kier alpha value is -1.16. The molecule has 15 heavy (non-hydrogen) atoms. The number of hydrogen-bond acceptors (Lipinski definition) is 4. The Bertz CT molecular complexity index is 311. The lowest BCUT2D eigenvalue weighted by atomic mass is 10.1. The number of nitrogens with zero attached hydrogens (tertiary/aromatic N) is 3. The van der Waals surface area contributed by atoms with Gasteiger partial charge in [-0.25, -0.2) is 4.98 Å². The van der Waals surface area contributed by atoms with Crippen molar-refractivity contribution in [2.24, 2.45) is 11.7 Å². The van der Waals surface area contributed by atoms with Gasteiger partial charge in [0.1, 0.15) is 0 Å². The van der Waals surface area contributed by atoms with Crippen LogP contribution in [0.1, 0.15) is 26.5 Å². The van der Waals surface area contributed by atoms with Gasteiger partial charge in [0, 0.05) is 32.0 Å². The number of aromatic nitrogens is 2. The molecule has 4 nitrogen and oxygen atoms in total. The third kappa shape index (κ3) is 2.65. The van der Waals surface area contributed by atoms with Gasteiger partial charge in [0.2, 0.25) is 0 Å². The van der Waals surface area contributed by atoms with E-state index in [2.05, 4.69) is 35.6 Å². The summed E-state index contributed by atoms with van der Waals surface area (Å²) < 4.78 is 0. The Morgan fingerprint density at radius 1 is 1.27 bits per heavy atom. The molecule has 0 aliphatic carbocycles. The van der Waals surface area contributed by atoms with Crippen LogP contribution >= 0.6 is 0 Å². The van der Waals surface area contributed by atoms with Crippen molar-refractivity contribution < 1.29 is 0 Å². The maximum Gasteiger partial charge on any atom is 0.151 e. The summed E-state index contributed by atoms with van der Waals surface area (Å²) in [6.45, 7) is 7.00. The molecule has 84 valence electrons. The van der Waals surface area contributed by atoms with Gasteiger partial charge in [0.15, 0.2) is 5.82 Å². The normalized spacial score (nSPS) is 12.9. The van der Waals surface area contributed by atoms with E-state index in [4.69, 9.17) is 5.73 Å². The molecular formula is C11H20N4. The van der Waals surface area contributed by atoms with E-state index in [0.29, 0.717) is 18.5 Å². The minimum absolute atomic E-state index is 0.423. The summed E-state index contributed by atoms with van der Waals surface area (Å²) >= 11 is 0. The number of hydrogen-bond donors (Lipinski definition) is 1. The first kappa shape index (κ1) is 11.9. The van der Waals surface area contributed by atoms with Crippen LogP contribution in [-0.2, 0) is 6.54 Å². The Morgan fingerprint density at radius 3 is 2.40 bits per heavy atom. The van der Waals surface area contributed by atoms with E-state index < -0.39 is 0 Å². The van der Waals surface area contributed by atoms with E-state index in [1.807, 2.05) is 7.05 Å². The Balaban J connectivity index is 2.94. The summed E-state index contributed by atoms with van der Waals surface area (Å²) in [6, 6.07) is 0.423. The maximum atomic E-state index is 5.64. The minimum Gasteiger partial charge on any atom is -0.355 e. The topological polar surface area (TPSA) is 55.0 Å². The zero-order valence-electron chi connectivity index (χ0n) is 9.94. The molecule has 0 aliphatic heterocycles. The summed E-state index contributed by atoms with van der Waals surface area (Å²) in [7, 11) is 2.04. The van der Waals surface area contributed by atoms with Gasteiger partial charge in [-0.15, -0.1) is 0 Å². The Kier molecular flexibility index (Phi) is 4.03. The smallest absolute Gasteiger partial charge is 0.151 e. The van der Waals surface area contributed by atoms with Crippen molar-refractivity contribution in [3.63, 3.8) is 0 Å². The summed E-state index contributed by atoms with van der Waals surface area (Å²) in [5.41, 5.74) is 6.49. The summed E-state index contributed by atoms with van der Waals surface area (Å²) in [4.78, 5) is 10.7.